The first-order chi connectivity index (χ1) is 8.69. The first kappa shape index (κ1) is 12.5. The SMILES string of the molecule is CCc1ccc(NCc2cc(C)ccc2O)cc1. The van der Waals surface area contributed by atoms with Crippen LogP contribution in [-0.4, -0.2) is 5.11 Å². The summed E-state index contributed by atoms with van der Waals surface area (Å²) in [5, 5.41) is 13.1. The van der Waals surface area contributed by atoms with Gasteiger partial charge in [0.1, 0.15) is 5.75 Å². The van der Waals surface area contributed by atoms with Crippen molar-refractivity contribution in [2.45, 2.75) is 26.8 Å². The van der Waals surface area contributed by atoms with Crippen LogP contribution in [0.15, 0.2) is 42.5 Å². The molecule has 0 amide bonds. The smallest absolute Gasteiger partial charge is 0.120 e. The molecule has 2 nitrogen and oxygen atoms in total. The van der Waals surface area contributed by atoms with Gasteiger partial charge in [0, 0.05) is 17.8 Å². The molecule has 0 radical (unpaired) electrons. The molecule has 18 heavy (non-hydrogen) atoms. The summed E-state index contributed by atoms with van der Waals surface area (Å²) < 4.78 is 0. The van der Waals surface area contributed by atoms with Gasteiger partial charge in [-0.25, -0.2) is 0 Å². The van der Waals surface area contributed by atoms with Gasteiger partial charge in [0.05, 0.1) is 0 Å². The molecule has 0 aromatic heterocycles. The van der Waals surface area contributed by atoms with E-state index in [9.17, 15) is 5.11 Å². The Morgan fingerprint density at radius 1 is 1.06 bits per heavy atom. The van der Waals surface area contributed by atoms with Crippen molar-refractivity contribution in [2.24, 2.45) is 0 Å². The normalized spacial score (nSPS) is 10.3. The van der Waals surface area contributed by atoms with Crippen LogP contribution in [0.4, 0.5) is 5.69 Å². The second-order valence-electron chi connectivity index (χ2n) is 4.54. The van der Waals surface area contributed by atoms with E-state index in [4.69, 9.17) is 0 Å². The molecule has 2 rings (SSSR count). The van der Waals surface area contributed by atoms with E-state index in [0.29, 0.717) is 12.3 Å². The summed E-state index contributed by atoms with van der Waals surface area (Å²) in [6.45, 7) is 4.81. The Hall–Kier alpha value is -1.96. The Kier molecular flexibility index (Phi) is 3.88. The Morgan fingerprint density at radius 2 is 1.78 bits per heavy atom. The van der Waals surface area contributed by atoms with Crippen LogP contribution in [0.5, 0.6) is 5.75 Å². The maximum atomic E-state index is 9.76. The maximum absolute atomic E-state index is 9.76. The molecule has 0 unspecified atom stereocenters. The minimum Gasteiger partial charge on any atom is -0.508 e. The summed E-state index contributed by atoms with van der Waals surface area (Å²) in [4.78, 5) is 0. The molecular weight excluding hydrogens is 222 g/mol. The van der Waals surface area contributed by atoms with Gasteiger partial charge in [0.15, 0.2) is 0 Å². The number of benzene rings is 2. The van der Waals surface area contributed by atoms with Crippen LogP contribution in [0.25, 0.3) is 0 Å². The van der Waals surface area contributed by atoms with E-state index in [2.05, 4.69) is 36.5 Å². The first-order valence-corrected chi connectivity index (χ1v) is 6.30. The highest BCUT2D eigenvalue weighted by Gasteiger charge is 2.01. The maximum Gasteiger partial charge on any atom is 0.120 e. The van der Waals surface area contributed by atoms with Crippen LogP contribution in [0, 0.1) is 6.92 Å². The zero-order valence-corrected chi connectivity index (χ0v) is 10.9. The lowest BCUT2D eigenvalue weighted by molar-refractivity contribution is 0.469. The molecular formula is C16H19NO. The van der Waals surface area contributed by atoms with Gasteiger partial charge in [-0.3, -0.25) is 0 Å². The molecule has 0 aliphatic carbocycles. The Bertz CT molecular complexity index is 517. The van der Waals surface area contributed by atoms with Crippen LogP contribution >= 0.6 is 0 Å². The molecule has 2 aromatic carbocycles. The van der Waals surface area contributed by atoms with Gasteiger partial charge >= 0.3 is 0 Å². The highest BCUT2D eigenvalue weighted by atomic mass is 16.3. The molecule has 0 aliphatic heterocycles. The Morgan fingerprint density at radius 3 is 2.44 bits per heavy atom. The summed E-state index contributed by atoms with van der Waals surface area (Å²) in [6, 6.07) is 14.1. The number of rotatable bonds is 4. The molecule has 0 aliphatic rings. The molecule has 2 aromatic rings. The van der Waals surface area contributed by atoms with Gasteiger partial charge < -0.3 is 10.4 Å². The van der Waals surface area contributed by atoms with E-state index >= 15 is 0 Å². The van der Waals surface area contributed by atoms with E-state index in [1.807, 2.05) is 19.1 Å². The third-order valence-electron chi connectivity index (χ3n) is 3.08. The van der Waals surface area contributed by atoms with Crippen molar-refractivity contribution in [3.05, 3.63) is 59.2 Å². The van der Waals surface area contributed by atoms with Gasteiger partial charge in [0.2, 0.25) is 0 Å². The fraction of sp³-hybridized carbons (Fsp3) is 0.250. The molecule has 0 fully saturated rings. The lowest BCUT2D eigenvalue weighted by Crippen LogP contribution is -2.00. The standard InChI is InChI=1S/C16H19NO/c1-3-13-5-7-15(8-6-13)17-11-14-10-12(2)4-9-16(14)18/h4-10,17-18H,3,11H2,1-2H3. The van der Waals surface area contributed by atoms with E-state index < -0.39 is 0 Å². The summed E-state index contributed by atoms with van der Waals surface area (Å²) in [5.41, 5.74) is 4.49. The first-order valence-electron chi connectivity index (χ1n) is 6.30. The fourth-order valence-corrected chi connectivity index (χ4v) is 1.91. The van der Waals surface area contributed by atoms with Crippen LogP contribution < -0.4 is 5.32 Å². The molecule has 0 heterocycles. The van der Waals surface area contributed by atoms with Crippen molar-refractivity contribution in [3.8, 4) is 5.75 Å². The summed E-state index contributed by atoms with van der Waals surface area (Å²) >= 11 is 0. The van der Waals surface area contributed by atoms with E-state index in [1.165, 1.54) is 5.56 Å². The third kappa shape index (κ3) is 3.04. The lowest BCUT2D eigenvalue weighted by atomic mass is 10.1. The largest absolute Gasteiger partial charge is 0.508 e. The quantitative estimate of drug-likeness (QED) is 0.851. The van der Waals surface area contributed by atoms with Crippen molar-refractivity contribution < 1.29 is 5.11 Å². The van der Waals surface area contributed by atoms with Crippen LogP contribution in [-0.2, 0) is 13.0 Å². The highest BCUT2D eigenvalue weighted by molar-refractivity contribution is 5.46. The van der Waals surface area contributed by atoms with E-state index in [1.54, 1.807) is 6.07 Å². The number of aryl methyl sites for hydroxylation is 2. The van der Waals surface area contributed by atoms with Crippen molar-refractivity contribution in [1.29, 1.82) is 0 Å². The highest BCUT2D eigenvalue weighted by Crippen LogP contribution is 2.20. The minimum absolute atomic E-state index is 0.346. The van der Waals surface area contributed by atoms with Crippen LogP contribution in [0.1, 0.15) is 23.6 Å². The van der Waals surface area contributed by atoms with Gasteiger partial charge in [0.25, 0.3) is 0 Å². The van der Waals surface area contributed by atoms with Gasteiger partial charge in [-0.1, -0.05) is 36.8 Å². The van der Waals surface area contributed by atoms with E-state index in [-0.39, 0.29) is 0 Å². The van der Waals surface area contributed by atoms with Gasteiger partial charge in [-0.15, -0.1) is 0 Å². The van der Waals surface area contributed by atoms with Gasteiger partial charge in [-0.2, -0.15) is 0 Å². The number of hydrogen-bond donors (Lipinski definition) is 2. The average Bonchev–Trinajstić information content (AvgIpc) is 2.40. The minimum atomic E-state index is 0.346. The van der Waals surface area contributed by atoms with Crippen molar-refractivity contribution in [1.82, 2.24) is 0 Å². The zero-order chi connectivity index (χ0) is 13.0. The summed E-state index contributed by atoms with van der Waals surface area (Å²) in [7, 11) is 0. The Balaban J connectivity index is 2.04. The molecule has 94 valence electrons. The van der Waals surface area contributed by atoms with Crippen LogP contribution in [0.3, 0.4) is 0 Å². The summed E-state index contributed by atoms with van der Waals surface area (Å²) in [5.74, 6) is 0.346. The number of phenolic OH excluding ortho intramolecular Hbond substituents is 1. The fourth-order valence-electron chi connectivity index (χ4n) is 1.91. The predicted molar refractivity (Wildman–Crippen MR) is 76.0 cm³/mol. The molecule has 2 heteroatoms. The van der Waals surface area contributed by atoms with Crippen molar-refractivity contribution >= 4 is 5.69 Å². The second-order valence-corrected chi connectivity index (χ2v) is 4.54. The summed E-state index contributed by atoms with van der Waals surface area (Å²) in [6.07, 6.45) is 1.05. The number of nitrogens with one attached hydrogen (secondary N) is 1. The molecule has 0 spiro atoms. The monoisotopic (exact) mass is 241 g/mol. The average molecular weight is 241 g/mol. The zero-order valence-electron chi connectivity index (χ0n) is 10.9. The van der Waals surface area contributed by atoms with Gasteiger partial charge in [-0.05, 0) is 37.1 Å². The lowest BCUT2D eigenvalue weighted by Gasteiger charge is -2.09. The molecule has 0 saturated heterocycles. The molecule has 0 atom stereocenters. The third-order valence-corrected chi connectivity index (χ3v) is 3.08. The number of hydrogen-bond acceptors (Lipinski definition) is 2. The second kappa shape index (κ2) is 5.58. The number of aromatic hydroxyl groups is 1. The molecule has 0 bridgehead atoms. The van der Waals surface area contributed by atoms with Crippen LogP contribution in [0.2, 0.25) is 0 Å². The number of anilines is 1. The molecule has 0 saturated carbocycles. The van der Waals surface area contributed by atoms with E-state index in [0.717, 1.165) is 23.2 Å². The Labute approximate surface area is 108 Å². The predicted octanol–water partition coefficient (Wildman–Crippen LogP) is 3.88. The van der Waals surface area contributed by atoms with Crippen molar-refractivity contribution in [3.63, 3.8) is 0 Å². The van der Waals surface area contributed by atoms with Crippen molar-refractivity contribution in [2.75, 3.05) is 5.32 Å². The molecule has 2 N–H and O–H groups in total. The number of phenols is 1. The topological polar surface area (TPSA) is 32.3 Å².